The Labute approximate surface area is 185 Å². The molecule has 0 aromatic heterocycles. The van der Waals surface area contributed by atoms with Crippen LogP contribution in [0.2, 0.25) is 0 Å². The van der Waals surface area contributed by atoms with Crippen LogP contribution < -0.4 is 4.90 Å². The summed E-state index contributed by atoms with van der Waals surface area (Å²) in [5.41, 5.74) is 4.49. The van der Waals surface area contributed by atoms with Crippen molar-refractivity contribution in [3.05, 3.63) is 41.0 Å². The average Bonchev–Trinajstić information content (AvgIpc) is 2.69. The Balaban J connectivity index is 2.07. The number of likely N-dealkylation sites (N-methyl/N-ethyl adjacent to an activating group) is 2. The molecule has 160 valence electrons. The summed E-state index contributed by atoms with van der Waals surface area (Å²) in [4.78, 5) is 31.2. The highest BCUT2D eigenvalue weighted by Crippen LogP contribution is 2.39. The van der Waals surface area contributed by atoms with E-state index in [9.17, 15) is 9.59 Å². The van der Waals surface area contributed by atoms with Crippen molar-refractivity contribution < 1.29 is 9.59 Å². The predicted molar refractivity (Wildman–Crippen MR) is 127 cm³/mol. The molecular weight excluding hydrogens is 394 g/mol. The van der Waals surface area contributed by atoms with E-state index in [1.165, 1.54) is 21.1 Å². The summed E-state index contributed by atoms with van der Waals surface area (Å²) in [7, 11) is 0. The van der Waals surface area contributed by atoms with Crippen molar-refractivity contribution in [1.82, 2.24) is 9.80 Å². The van der Waals surface area contributed by atoms with E-state index in [1.807, 2.05) is 19.9 Å². The van der Waals surface area contributed by atoms with E-state index in [-0.39, 0.29) is 28.0 Å². The van der Waals surface area contributed by atoms with Crippen LogP contribution in [0.15, 0.2) is 29.8 Å². The lowest BCUT2D eigenvalue weighted by Crippen LogP contribution is -2.55. The summed E-state index contributed by atoms with van der Waals surface area (Å²) in [5, 5.41) is 0.286. The lowest BCUT2D eigenvalue weighted by Gasteiger charge is -2.43. The monoisotopic (exact) mass is 425 g/mol. The van der Waals surface area contributed by atoms with Crippen molar-refractivity contribution in [3.8, 4) is 0 Å². The minimum Gasteiger partial charge on any atom is -0.362 e. The summed E-state index contributed by atoms with van der Waals surface area (Å²) in [6, 6.07) is 6.17. The lowest BCUT2D eigenvalue weighted by atomic mass is 9.87. The van der Waals surface area contributed by atoms with Gasteiger partial charge in [-0.3, -0.25) is 19.4 Å². The van der Waals surface area contributed by atoms with Crippen LogP contribution in [0.1, 0.15) is 59.1 Å². The molecule has 0 radical (unpaired) electrons. The molecule has 2 aliphatic rings. The Morgan fingerprint density at radius 3 is 2.17 bits per heavy atom. The van der Waals surface area contributed by atoms with E-state index in [1.54, 1.807) is 6.08 Å². The molecule has 2 heterocycles. The first-order valence-corrected chi connectivity index (χ1v) is 11.1. The van der Waals surface area contributed by atoms with Crippen LogP contribution in [0, 0.1) is 0 Å². The van der Waals surface area contributed by atoms with E-state index >= 15 is 0 Å². The molecule has 1 aromatic rings. The Kier molecular flexibility index (Phi) is 6.18. The Bertz CT molecular complexity index is 933. The van der Waals surface area contributed by atoms with Crippen molar-refractivity contribution in [1.29, 1.82) is 0 Å². The Morgan fingerprint density at radius 2 is 1.63 bits per heavy atom. The molecule has 2 aliphatic heterocycles. The van der Waals surface area contributed by atoms with Crippen molar-refractivity contribution in [2.45, 2.75) is 53.5 Å². The number of nitrogens with zero attached hydrogens (tertiary/aromatic N) is 3. The second-order valence-electron chi connectivity index (χ2n) is 8.35. The van der Waals surface area contributed by atoms with Gasteiger partial charge in [-0.15, -0.1) is 0 Å². The number of allylic oxidation sites excluding steroid dienone is 1. The second-order valence-corrected chi connectivity index (χ2v) is 8.71. The SMILES string of the molecule is CCCN1c2ccc(C=C3C(=O)N(CC)C(=S)N(CC)C3=O)cc2C(C)=CC1(C)C. The highest BCUT2D eigenvalue weighted by atomic mass is 32.1. The molecule has 1 aromatic carbocycles. The number of hydrogen-bond acceptors (Lipinski definition) is 4. The van der Waals surface area contributed by atoms with Gasteiger partial charge < -0.3 is 4.90 Å². The molecule has 2 amide bonds. The van der Waals surface area contributed by atoms with Crippen molar-refractivity contribution in [3.63, 3.8) is 0 Å². The molecule has 0 unspecified atom stereocenters. The fraction of sp³-hybridized carbons (Fsp3) is 0.458. The van der Waals surface area contributed by atoms with Gasteiger partial charge in [0, 0.05) is 30.9 Å². The van der Waals surface area contributed by atoms with Gasteiger partial charge in [0.05, 0.1) is 5.54 Å². The van der Waals surface area contributed by atoms with Crippen LogP contribution in [0.3, 0.4) is 0 Å². The topological polar surface area (TPSA) is 43.9 Å². The van der Waals surface area contributed by atoms with E-state index in [0.29, 0.717) is 13.1 Å². The molecular formula is C24H31N3O2S. The molecule has 0 aliphatic carbocycles. The van der Waals surface area contributed by atoms with Gasteiger partial charge in [-0.2, -0.15) is 0 Å². The summed E-state index contributed by atoms with van der Waals surface area (Å²) < 4.78 is 0. The number of carbonyl (C=O) groups excluding carboxylic acids is 2. The average molecular weight is 426 g/mol. The highest BCUT2D eigenvalue weighted by Gasteiger charge is 2.38. The van der Waals surface area contributed by atoms with Crippen LogP contribution in [-0.4, -0.2) is 51.9 Å². The number of thiocarbonyl (C=S) groups is 1. The molecule has 0 bridgehead atoms. The molecule has 0 atom stereocenters. The van der Waals surface area contributed by atoms with Gasteiger partial charge in [0.25, 0.3) is 11.8 Å². The molecule has 0 spiro atoms. The maximum atomic E-state index is 12.9. The van der Waals surface area contributed by atoms with Gasteiger partial charge in [-0.1, -0.05) is 19.1 Å². The number of fused-ring (bicyclic) bond motifs is 1. The van der Waals surface area contributed by atoms with Gasteiger partial charge in [-0.05, 0) is 82.6 Å². The van der Waals surface area contributed by atoms with E-state index in [0.717, 1.165) is 24.1 Å². The summed E-state index contributed by atoms with van der Waals surface area (Å²) in [6.45, 7) is 14.3. The van der Waals surface area contributed by atoms with Gasteiger partial charge in [0.1, 0.15) is 5.57 Å². The standard InChI is InChI=1S/C24H31N3O2S/c1-7-12-27-20-11-10-17(13-18(20)16(4)15-24(27,5)6)14-19-21(28)25(8-2)23(30)26(9-3)22(19)29/h10-11,13-15H,7-9,12H2,1-6H3. The Hall–Kier alpha value is -2.47. The minimum absolute atomic E-state index is 0.0542. The largest absolute Gasteiger partial charge is 0.362 e. The zero-order chi connectivity index (χ0) is 22.2. The highest BCUT2D eigenvalue weighted by molar-refractivity contribution is 7.80. The first-order valence-electron chi connectivity index (χ1n) is 10.7. The molecule has 6 heteroatoms. The van der Waals surface area contributed by atoms with E-state index in [2.05, 4.69) is 50.8 Å². The normalized spacial score (nSPS) is 18.6. The van der Waals surface area contributed by atoms with Crippen LogP contribution in [0.25, 0.3) is 11.6 Å². The molecule has 0 saturated carbocycles. The van der Waals surface area contributed by atoms with Gasteiger partial charge in [0.15, 0.2) is 5.11 Å². The summed E-state index contributed by atoms with van der Waals surface area (Å²) in [5.74, 6) is -0.646. The minimum atomic E-state index is -0.323. The Morgan fingerprint density at radius 1 is 1.03 bits per heavy atom. The third-order valence-corrected chi connectivity index (χ3v) is 6.25. The van der Waals surface area contributed by atoms with E-state index in [4.69, 9.17) is 12.2 Å². The van der Waals surface area contributed by atoms with Crippen LogP contribution in [-0.2, 0) is 9.59 Å². The number of hydrogen-bond donors (Lipinski definition) is 0. The van der Waals surface area contributed by atoms with Gasteiger partial charge in [0.2, 0.25) is 0 Å². The number of carbonyl (C=O) groups is 2. The van der Waals surface area contributed by atoms with Crippen LogP contribution in [0.5, 0.6) is 0 Å². The first-order chi connectivity index (χ1) is 14.2. The fourth-order valence-corrected chi connectivity index (χ4v) is 4.80. The predicted octanol–water partition coefficient (Wildman–Crippen LogP) is 4.48. The summed E-state index contributed by atoms with van der Waals surface area (Å²) >= 11 is 5.34. The third kappa shape index (κ3) is 3.69. The molecule has 1 saturated heterocycles. The fourth-order valence-electron chi connectivity index (χ4n) is 4.37. The molecule has 3 rings (SSSR count). The third-order valence-electron chi connectivity index (χ3n) is 5.81. The number of anilines is 1. The first kappa shape index (κ1) is 22.2. The molecule has 0 N–H and O–H groups in total. The molecule has 5 nitrogen and oxygen atoms in total. The van der Waals surface area contributed by atoms with Crippen molar-refractivity contribution in [2.75, 3.05) is 24.5 Å². The second kappa shape index (κ2) is 8.34. The zero-order valence-corrected chi connectivity index (χ0v) is 19.6. The number of benzene rings is 1. The zero-order valence-electron chi connectivity index (χ0n) is 18.8. The maximum Gasteiger partial charge on any atom is 0.265 e. The van der Waals surface area contributed by atoms with Gasteiger partial charge in [-0.25, -0.2) is 0 Å². The van der Waals surface area contributed by atoms with Crippen LogP contribution in [0.4, 0.5) is 5.69 Å². The van der Waals surface area contributed by atoms with Crippen molar-refractivity contribution >= 4 is 46.5 Å². The van der Waals surface area contributed by atoms with Crippen LogP contribution >= 0.6 is 12.2 Å². The number of amides is 2. The molecule has 1 fully saturated rings. The lowest BCUT2D eigenvalue weighted by molar-refractivity contribution is -0.133. The van der Waals surface area contributed by atoms with E-state index < -0.39 is 0 Å². The maximum absolute atomic E-state index is 12.9. The quantitative estimate of drug-likeness (QED) is 0.396. The smallest absolute Gasteiger partial charge is 0.265 e. The number of rotatable bonds is 5. The van der Waals surface area contributed by atoms with Gasteiger partial charge >= 0.3 is 0 Å². The molecule has 30 heavy (non-hydrogen) atoms. The summed E-state index contributed by atoms with van der Waals surface area (Å²) in [6.07, 6.45) is 5.05. The van der Waals surface area contributed by atoms with Crippen molar-refractivity contribution in [2.24, 2.45) is 0 Å².